The fourth-order valence-electron chi connectivity index (χ4n) is 3.11. The second-order valence-electron chi connectivity index (χ2n) is 6.62. The number of hydrogen-bond donors (Lipinski definition) is 2. The predicted molar refractivity (Wildman–Crippen MR) is 97.8 cm³/mol. The molecule has 1 fully saturated rings. The molecule has 138 valence electrons. The topological polar surface area (TPSA) is 139 Å². The van der Waals surface area contributed by atoms with Crippen LogP contribution in [-0.4, -0.2) is 33.8 Å². The zero-order chi connectivity index (χ0) is 19.2. The van der Waals surface area contributed by atoms with E-state index in [1.165, 1.54) is 6.33 Å². The van der Waals surface area contributed by atoms with Crippen LogP contribution in [0.3, 0.4) is 0 Å². The molecule has 1 saturated carbocycles. The van der Waals surface area contributed by atoms with Gasteiger partial charge >= 0.3 is 0 Å². The Morgan fingerprint density at radius 1 is 1.33 bits per heavy atom. The van der Waals surface area contributed by atoms with E-state index < -0.39 is 10.0 Å². The Balaban J connectivity index is 1.69. The summed E-state index contributed by atoms with van der Waals surface area (Å²) in [5, 5.41) is 8.84. The number of imidazole rings is 1. The van der Waals surface area contributed by atoms with Crippen molar-refractivity contribution in [1.29, 1.82) is 5.26 Å². The summed E-state index contributed by atoms with van der Waals surface area (Å²) in [6, 6.07) is 6.83. The Hall–Kier alpha value is -3.03. The monoisotopic (exact) mass is 383 g/mol. The van der Waals surface area contributed by atoms with Gasteiger partial charge in [-0.15, -0.1) is 0 Å². The van der Waals surface area contributed by atoms with E-state index in [2.05, 4.69) is 25.7 Å². The van der Waals surface area contributed by atoms with Crippen LogP contribution in [-0.2, 0) is 10.0 Å². The molecule has 0 atom stereocenters. The van der Waals surface area contributed by atoms with Crippen LogP contribution >= 0.6 is 0 Å². The highest BCUT2D eigenvalue weighted by molar-refractivity contribution is 7.89. The number of nitrogen functional groups attached to an aromatic ring is 1. The highest BCUT2D eigenvalue weighted by Crippen LogP contribution is 2.30. The average Bonchev–Trinajstić information content (AvgIpc) is 3.03. The van der Waals surface area contributed by atoms with Gasteiger partial charge in [0.25, 0.3) is 0 Å². The van der Waals surface area contributed by atoms with Gasteiger partial charge in [-0.3, -0.25) is 4.40 Å². The molecule has 0 saturated heterocycles. The minimum atomic E-state index is -3.68. The molecule has 10 heteroatoms. The van der Waals surface area contributed by atoms with E-state index in [-0.39, 0.29) is 22.8 Å². The lowest BCUT2D eigenvalue weighted by Gasteiger charge is -2.30. The summed E-state index contributed by atoms with van der Waals surface area (Å²) in [4.78, 5) is 12.6. The Morgan fingerprint density at radius 2 is 2.11 bits per heavy atom. The molecule has 2 heterocycles. The molecular formula is C17H17N7O2S. The molecule has 0 amide bonds. The van der Waals surface area contributed by atoms with Crippen LogP contribution < -0.4 is 10.5 Å². The number of rotatable bonds is 4. The van der Waals surface area contributed by atoms with Gasteiger partial charge in [0.15, 0.2) is 0 Å². The minimum absolute atomic E-state index is 0.0733. The molecular weight excluding hydrogens is 366 g/mol. The molecule has 0 aliphatic heterocycles. The summed E-state index contributed by atoms with van der Waals surface area (Å²) >= 11 is 0. The third-order valence-electron chi connectivity index (χ3n) is 4.74. The number of nitrogens with two attached hydrogens (primary N) is 1. The molecule has 2 aromatic heterocycles. The minimum Gasteiger partial charge on any atom is -0.369 e. The van der Waals surface area contributed by atoms with E-state index in [1.54, 1.807) is 28.8 Å². The van der Waals surface area contributed by atoms with Gasteiger partial charge in [-0.05, 0) is 37.5 Å². The Kier molecular flexibility index (Phi) is 4.05. The third kappa shape index (κ3) is 3.11. The summed E-state index contributed by atoms with van der Waals surface area (Å²) in [6.45, 7) is 1.88. The molecule has 3 N–H and O–H groups in total. The zero-order valence-corrected chi connectivity index (χ0v) is 15.3. The number of fused-ring (bicyclic) bond motifs is 1. The lowest BCUT2D eigenvalue weighted by Crippen LogP contribution is -2.43. The number of anilines is 1. The van der Waals surface area contributed by atoms with Crippen LogP contribution in [0, 0.1) is 24.2 Å². The fourth-order valence-corrected chi connectivity index (χ4v) is 4.40. The second kappa shape index (κ2) is 6.29. The van der Waals surface area contributed by atoms with Crippen molar-refractivity contribution in [2.45, 2.75) is 30.7 Å². The van der Waals surface area contributed by atoms with Gasteiger partial charge in [0.1, 0.15) is 6.33 Å². The summed E-state index contributed by atoms with van der Waals surface area (Å²) in [7, 11) is -3.68. The molecule has 3 aromatic rings. The molecule has 0 bridgehead atoms. The first-order valence-electron chi connectivity index (χ1n) is 8.36. The summed E-state index contributed by atoms with van der Waals surface area (Å²) in [5.41, 5.74) is 7.93. The van der Waals surface area contributed by atoms with Crippen LogP contribution in [0.15, 0.2) is 35.6 Å². The maximum absolute atomic E-state index is 12.7. The van der Waals surface area contributed by atoms with Gasteiger partial charge in [-0.2, -0.15) is 5.26 Å². The predicted octanol–water partition coefficient (Wildman–Crippen LogP) is 1.26. The number of nitrogens with zero attached hydrogens (tertiary/aromatic N) is 5. The van der Waals surface area contributed by atoms with Crippen molar-refractivity contribution in [3.8, 4) is 17.3 Å². The fraction of sp³-hybridized carbons (Fsp3) is 0.294. The van der Waals surface area contributed by atoms with Crippen LogP contribution in [0.2, 0.25) is 0 Å². The van der Waals surface area contributed by atoms with E-state index in [0.29, 0.717) is 29.9 Å². The first kappa shape index (κ1) is 17.4. The molecule has 1 aliphatic carbocycles. The van der Waals surface area contributed by atoms with Crippen LogP contribution in [0.25, 0.3) is 17.0 Å². The summed E-state index contributed by atoms with van der Waals surface area (Å²) < 4.78 is 29.6. The van der Waals surface area contributed by atoms with Gasteiger partial charge in [0.2, 0.25) is 21.7 Å². The van der Waals surface area contributed by atoms with Gasteiger partial charge < -0.3 is 5.73 Å². The van der Waals surface area contributed by atoms with Gasteiger partial charge in [0.05, 0.1) is 16.7 Å². The number of nitrogens with one attached hydrogen (secondary N) is 1. The van der Waals surface area contributed by atoms with Crippen LogP contribution in [0.5, 0.6) is 0 Å². The van der Waals surface area contributed by atoms with E-state index in [1.807, 2.05) is 6.92 Å². The van der Waals surface area contributed by atoms with Crippen molar-refractivity contribution < 1.29 is 8.42 Å². The lowest BCUT2D eigenvalue weighted by atomic mass is 9.82. The molecule has 0 radical (unpaired) electrons. The maximum Gasteiger partial charge on any atom is 0.240 e. The van der Waals surface area contributed by atoms with E-state index >= 15 is 0 Å². The van der Waals surface area contributed by atoms with E-state index in [0.717, 1.165) is 5.56 Å². The van der Waals surface area contributed by atoms with Crippen molar-refractivity contribution in [1.82, 2.24) is 24.1 Å². The SMILES string of the molecule is Cc1ccc(S(=O)(=O)N[C@H]2C[C@H](C#N)C2)cc1-c1cn2c(N)ncnc2n1. The lowest BCUT2D eigenvalue weighted by molar-refractivity contribution is 0.308. The molecule has 4 rings (SSSR count). The number of sulfonamides is 1. The quantitative estimate of drug-likeness (QED) is 0.691. The Bertz CT molecular complexity index is 1170. The van der Waals surface area contributed by atoms with E-state index in [9.17, 15) is 8.42 Å². The second-order valence-corrected chi connectivity index (χ2v) is 8.33. The number of hydrogen-bond acceptors (Lipinski definition) is 7. The van der Waals surface area contributed by atoms with Gasteiger partial charge in [-0.1, -0.05) is 6.07 Å². The first-order chi connectivity index (χ1) is 12.9. The van der Waals surface area contributed by atoms with Crippen molar-refractivity contribution >= 4 is 21.7 Å². The molecule has 0 spiro atoms. The summed E-state index contributed by atoms with van der Waals surface area (Å²) in [5.74, 6) is 0.565. The van der Waals surface area contributed by atoms with Crippen molar-refractivity contribution in [3.63, 3.8) is 0 Å². The maximum atomic E-state index is 12.7. The molecule has 27 heavy (non-hydrogen) atoms. The smallest absolute Gasteiger partial charge is 0.240 e. The molecule has 0 unspecified atom stereocenters. The number of aryl methyl sites for hydroxylation is 1. The number of benzene rings is 1. The Labute approximate surface area is 155 Å². The molecule has 1 aromatic carbocycles. The summed E-state index contributed by atoms with van der Waals surface area (Å²) in [6.07, 6.45) is 4.09. The van der Waals surface area contributed by atoms with E-state index in [4.69, 9.17) is 11.0 Å². The van der Waals surface area contributed by atoms with Gasteiger partial charge in [0, 0.05) is 23.7 Å². The highest BCUT2D eigenvalue weighted by atomic mass is 32.2. The zero-order valence-electron chi connectivity index (χ0n) is 14.5. The van der Waals surface area contributed by atoms with Crippen molar-refractivity contribution in [3.05, 3.63) is 36.3 Å². The highest BCUT2D eigenvalue weighted by Gasteiger charge is 2.32. The standard InChI is InChI=1S/C17H17N7O2S/c1-10-2-3-13(27(25,26)23-12-4-11(5-12)7-18)6-14(10)15-8-24-16(19)20-9-21-17(24)22-15/h2-3,6,8-9,11-12,23H,4-5H2,1H3,(H2,19,20,21,22)/t11-,12-. The first-order valence-corrected chi connectivity index (χ1v) is 9.84. The third-order valence-corrected chi connectivity index (χ3v) is 6.25. The van der Waals surface area contributed by atoms with Crippen molar-refractivity contribution in [2.75, 3.05) is 5.73 Å². The van der Waals surface area contributed by atoms with Crippen LogP contribution in [0.4, 0.5) is 5.95 Å². The largest absolute Gasteiger partial charge is 0.369 e. The van der Waals surface area contributed by atoms with Crippen molar-refractivity contribution in [2.24, 2.45) is 5.92 Å². The number of aromatic nitrogens is 4. The normalized spacial score (nSPS) is 19.6. The van der Waals surface area contributed by atoms with Crippen LogP contribution in [0.1, 0.15) is 18.4 Å². The molecule has 9 nitrogen and oxygen atoms in total. The Morgan fingerprint density at radius 3 is 2.81 bits per heavy atom. The molecule has 1 aliphatic rings. The number of nitriles is 1. The van der Waals surface area contributed by atoms with Gasteiger partial charge in [-0.25, -0.2) is 28.1 Å². The average molecular weight is 383 g/mol.